The van der Waals surface area contributed by atoms with Gasteiger partial charge in [-0.1, -0.05) is 18.2 Å². The quantitative estimate of drug-likeness (QED) is 0.367. The molecule has 1 rings (SSSR count). The maximum Gasteiger partial charge on any atom is 0.325 e. The van der Waals surface area contributed by atoms with Crippen molar-refractivity contribution in [2.75, 3.05) is 13.2 Å². The highest BCUT2D eigenvalue weighted by molar-refractivity contribution is 5.96. The Hall–Kier alpha value is -2.70. The molecule has 0 saturated carbocycles. The molecule has 0 bridgehead atoms. The van der Waals surface area contributed by atoms with Crippen LogP contribution in [0.1, 0.15) is 17.3 Å². The summed E-state index contributed by atoms with van der Waals surface area (Å²) in [6.45, 7) is 1.64. The topological polar surface area (TPSA) is 98.5 Å². The van der Waals surface area contributed by atoms with Crippen LogP contribution >= 0.6 is 0 Å². The maximum absolute atomic E-state index is 11.7. The molecule has 1 amide bonds. The number of non-ortho nitro benzene ring substituents is 1. The lowest BCUT2D eigenvalue weighted by molar-refractivity contribution is -0.384. The van der Waals surface area contributed by atoms with Gasteiger partial charge in [0.1, 0.15) is 13.2 Å². The molecule has 106 valence electrons. The third-order valence-electron chi connectivity index (χ3n) is 2.29. The van der Waals surface area contributed by atoms with E-state index in [-0.39, 0.29) is 24.4 Å². The molecule has 1 aromatic rings. The number of carbonyl (C=O) groups is 2. The molecule has 0 aliphatic carbocycles. The van der Waals surface area contributed by atoms with Crippen molar-refractivity contribution in [3.8, 4) is 0 Å². The van der Waals surface area contributed by atoms with E-state index in [1.807, 2.05) is 0 Å². The first-order valence-corrected chi connectivity index (χ1v) is 5.84. The molecule has 7 nitrogen and oxygen atoms in total. The zero-order valence-electron chi connectivity index (χ0n) is 10.9. The number of allylic oxidation sites excluding steroid dienone is 1. The minimum Gasteiger partial charge on any atom is -0.460 e. The van der Waals surface area contributed by atoms with Crippen LogP contribution in [0.5, 0.6) is 0 Å². The molecular formula is C13H14N2O5. The Bertz CT molecular complexity index is 539. The van der Waals surface area contributed by atoms with Crippen LogP contribution in [0.25, 0.3) is 0 Å². The number of benzene rings is 1. The van der Waals surface area contributed by atoms with Crippen molar-refractivity contribution in [1.82, 2.24) is 5.32 Å². The summed E-state index contributed by atoms with van der Waals surface area (Å²) in [5, 5.41) is 12.9. The maximum atomic E-state index is 11.7. The van der Waals surface area contributed by atoms with E-state index in [2.05, 4.69) is 5.32 Å². The molecule has 0 aromatic heterocycles. The van der Waals surface area contributed by atoms with Gasteiger partial charge in [0, 0.05) is 17.7 Å². The van der Waals surface area contributed by atoms with Crippen LogP contribution in [-0.4, -0.2) is 30.0 Å². The molecule has 1 aromatic carbocycles. The van der Waals surface area contributed by atoms with Gasteiger partial charge in [-0.05, 0) is 13.0 Å². The third kappa shape index (κ3) is 4.89. The predicted molar refractivity (Wildman–Crippen MR) is 71.2 cm³/mol. The van der Waals surface area contributed by atoms with E-state index in [9.17, 15) is 19.7 Å². The first kappa shape index (κ1) is 15.4. The van der Waals surface area contributed by atoms with Crippen molar-refractivity contribution in [2.45, 2.75) is 6.92 Å². The fourth-order valence-electron chi connectivity index (χ4n) is 1.30. The molecule has 0 heterocycles. The molecule has 20 heavy (non-hydrogen) atoms. The second-order valence-corrected chi connectivity index (χ2v) is 3.74. The Balaban J connectivity index is 2.52. The Morgan fingerprint density at radius 1 is 1.45 bits per heavy atom. The van der Waals surface area contributed by atoms with Crippen LogP contribution in [0.2, 0.25) is 0 Å². The van der Waals surface area contributed by atoms with Gasteiger partial charge in [-0.2, -0.15) is 0 Å². The molecule has 0 fully saturated rings. The summed E-state index contributed by atoms with van der Waals surface area (Å²) in [5.41, 5.74) is -0.0752. The van der Waals surface area contributed by atoms with Crippen molar-refractivity contribution >= 4 is 17.6 Å². The summed E-state index contributed by atoms with van der Waals surface area (Å²) in [6.07, 6.45) is 3.38. The summed E-state index contributed by atoms with van der Waals surface area (Å²) in [5.74, 6) is -1.15. The molecule has 0 aliphatic rings. The molecule has 0 atom stereocenters. The number of ether oxygens (including phenoxy) is 1. The van der Waals surface area contributed by atoms with Crippen molar-refractivity contribution in [1.29, 1.82) is 0 Å². The fraction of sp³-hybridized carbons (Fsp3) is 0.231. The Labute approximate surface area is 115 Å². The third-order valence-corrected chi connectivity index (χ3v) is 2.29. The van der Waals surface area contributed by atoms with Gasteiger partial charge in [0.2, 0.25) is 0 Å². The smallest absolute Gasteiger partial charge is 0.325 e. The van der Waals surface area contributed by atoms with Gasteiger partial charge in [-0.15, -0.1) is 0 Å². The molecule has 7 heteroatoms. The normalized spacial score (nSPS) is 10.2. The van der Waals surface area contributed by atoms with Crippen LogP contribution in [-0.2, 0) is 9.53 Å². The summed E-state index contributed by atoms with van der Waals surface area (Å²) in [4.78, 5) is 32.9. The van der Waals surface area contributed by atoms with E-state index in [1.165, 1.54) is 18.2 Å². The van der Waals surface area contributed by atoms with Crippen molar-refractivity contribution in [3.63, 3.8) is 0 Å². The number of nitro groups is 1. The average Bonchev–Trinajstić information content (AvgIpc) is 2.45. The van der Waals surface area contributed by atoms with Gasteiger partial charge in [0.25, 0.3) is 11.6 Å². The van der Waals surface area contributed by atoms with E-state index in [0.29, 0.717) is 0 Å². The van der Waals surface area contributed by atoms with Gasteiger partial charge in [0.15, 0.2) is 0 Å². The second kappa shape index (κ2) is 7.67. The number of nitro benzene ring substituents is 1. The standard InChI is InChI=1S/C13H14N2O5/c1-2-3-7-20-12(16)9-14-13(17)10-5-4-6-11(8-10)15(18)19/h2-6,8H,7,9H2,1H3,(H,14,17)/b3-2+. The highest BCUT2D eigenvalue weighted by atomic mass is 16.6. The molecule has 0 spiro atoms. The van der Waals surface area contributed by atoms with E-state index in [1.54, 1.807) is 19.1 Å². The largest absolute Gasteiger partial charge is 0.460 e. The monoisotopic (exact) mass is 278 g/mol. The number of esters is 1. The van der Waals surface area contributed by atoms with Crippen molar-refractivity contribution in [3.05, 3.63) is 52.1 Å². The predicted octanol–water partition coefficient (Wildman–Crippen LogP) is 1.44. The highest BCUT2D eigenvalue weighted by Gasteiger charge is 2.12. The lowest BCUT2D eigenvalue weighted by atomic mass is 10.2. The van der Waals surface area contributed by atoms with Crippen molar-refractivity contribution < 1.29 is 19.2 Å². The number of hydrogen-bond acceptors (Lipinski definition) is 5. The molecular weight excluding hydrogens is 264 g/mol. The molecule has 0 radical (unpaired) electrons. The first-order valence-electron chi connectivity index (χ1n) is 5.84. The highest BCUT2D eigenvalue weighted by Crippen LogP contribution is 2.12. The fourth-order valence-corrected chi connectivity index (χ4v) is 1.30. The minimum absolute atomic E-state index is 0.112. The SMILES string of the molecule is C/C=C/COC(=O)CNC(=O)c1cccc([N+](=O)[O-])c1. The van der Waals surface area contributed by atoms with E-state index in [0.717, 1.165) is 6.07 Å². The Morgan fingerprint density at radius 2 is 2.20 bits per heavy atom. The summed E-state index contributed by atoms with van der Waals surface area (Å²) < 4.78 is 4.78. The molecule has 0 saturated heterocycles. The molecule has 0 aliphatic heterocycles. The number of rotatable bonds is 6. The number of nitrogens with one attached hydrogen (secondary N) is 1. The first-order chi connectivity index (χ1) is 9.54. The van der Waals surface area contributed by atoms with Crippen LogP contribution in [0.3, 0.4) is 0 Å². The van der Waals surface area contributed by atoms with Crippen LogP contribution in [0.15, 0.2) is 36.4 Å². The number of nitrogens with zero attached hydrogens (tertiary/aromatic N) is 1. The Morgan fingerprint density at radius 3 is 2.85 bits per heavy atom. The average molecular weight is 278 g/mol. The number of carbonyl (C=O) groups excluding carboxylic acids is 2. The van der Waals surface area contributed by atoms with Gasteiger partial charge in [-0.3, -0.25) is 19.7 Å². The minimum atomic E-state index is -0.595. The zero-order valence-corrected chi connectivity index (χ0v) is 10.9. The lowest BCUT2D eigenvalue weighted by Gasteiger charge is -2.05. The number of amides is 1. The summed E-state index contributed by atoms with van der Waals surface area (Å²) in [7, 11) is 0. The summed E-state index contributed by atoms with van der Waals surface area (Å²) in [6, 6.07) is 5.24. The van der Waals surface area contributed by atoms with Crippen LogP contribution in [0, 0.1) is 10.1 Å². The second-order valence-electron chi connectivity index (χ2n) is 3.74. The summed E-state index contributed by atoms with van der Waals surface area (Å²) >= 11 is 0. The molecule has 0 unspecified atom stereocenters. The Kier molecular flexibility index (Phi) is 5.89. The van der Waals surface area contributed by atoms with Gasteiger partial charge >= 0.3 is 5.97 Å². The van der Waals surface area contributed by atoms with E-state index in [4.69, 9.17) is 4.74 Å². The lowest BCUT2D eigenvalue weighted by Crippen LogP contribution is -2.30. The van der Waals surface area contributed by atoms with Gasteiger partial charge in [-0.25, -0.2) is 0 Å². The van der Waals surface area contributed by atoms with E-state index < -0.39 is 16.8 Å². The van der Waals surface area contributed by atoms with Crippen molar-refractivity contribution in [2.24, 2.45) is 0 Å². The number of hydrogen-bond donors (Lipinski definition) is 1. The zero-order chi connectivity index (χ0) is 15.0. The van der Waals surface area contributed by atoms with Gasteiger partial charge in [0.05, 0.1) is 4.92 Å². The van der Waals surface area contributed by atoms with Gasteiger partial charge < -0.3 is 10.1 Å². The van der Waals surface area contributed by atoms with Crippen LogP contribution < -0.4 is 5.32 Å². The van der Waals surface area contributed by atoms with Crippen LogP contribution in [0.4, 0.5) is 5.69 Å². The molecule has 1 N–H and O–H groups in total. The van der Waals surface area contributed by atoms with E-state index >= 15 is 0 Å².